The van der Waals surface area contributed by atoms with E-state index in [1.807, 2.05) is 29.4 Å². The normalized spacial score (nSPS) is 22.4. The Kier molecular flexibility index (Phi) is 4.07. The molecule has 2 aromatic rings. The highest BCUT2D eigenvalue weighted by Crippen LogP contribution is 2.42. The second-order valence-corrected chi connectivity index (χ2v) is 7.63. The predicted molar refractivity (Wildman–Crippen MR) is 95.4 cm³/mol. The summed E-state index contributed by atoms with van der Waals surface area (Å²) in [6.45, 7) is 5.05. The Labute approximate surface area is 148 Å². The zero-order valence-electron chi connectivity index (χ0n) is 14.8. The average Bonchev–Trinajstić information content (AvgIpc) is 3.32. The van der Waals surface area contributed by atoms with Crippen molar-refractivity contribution in [1.29, 1.82) is 0 Å². The third kappa shape index (κ3) is 2.74. The Morgan fingerprint density at radius 3 is 2.80 bits per heavy atom. The fourth-order valence-corrected chi connectivity index (χ4v) is 4.20. The lowest BCUT2D eigenvalue weighted by Gasteiger charge is -2.26. The quantitative estimate of drug-likeness (QED) is 0.898. The Bertz CT molecular complexity index is 748. The molecule has 1 saturated carbocycles. The van der Waals surface area contributed by atoms with Crippen LogP contribution in [-0.4, -0.2) is 38.1 Å². The molecule has 25 heavy (non-hydrogen) atoms. The van der Waals surface area contributed by atoms with Crippen molar-refractivity contribution in [3.8, 4) is 11.3 Å². The number of hydrogen-bond donors (Lipinski definition) is 2. The van der Waals surface area contributed by atoms with Crippen molar-refractivity contribution < 1.29 is 4.79 Å². The summed E-state index contributed by atoms with van der Waals surface area (Å²) in [4.78, 5) is 19.5. The van der Waals surface area contributed by atoms with Crippen molar-refractivity contribution in [3.05, 3.63) is 36.3 Å². The second kappa shape index (κ2) is 6.26. The molecule has 0 bridgehead atoms. The van der Waals surface area contributed by atoms with Crippen LogP contribution in [0.2, 0.25) is 0 Å². The largest absolute Gasteiger partial charge is 0.321 e. The highest BCUT2D eigenvalue weighted by Gasteiger charge is 2.53. The topological polar surface area (TPSA) is 73.9 Å². The van der Waals surface area contributed by atoms with Gasteiger partial charge in [-0.05, 0) is 30.9 Å². The van der Waals surface area contributed by atoms with Crippen molar-refractivity contribution in [2.75, 3.05) is 6.54 Å². The van der Waals surface area contributed by atoms with Gasteiger partial charge in [0.05, 0.1) is 17.4 Å². The van der Waals surface area contributed by atoms with Crippen molar-refractivity contribution in [1.82, 2.24) is 25.4 Å². The van der Waals surface area contributed by atoms with Gasteiger partial charge >= 0.3 is 0 Å². The SMILES string of the molecule is CC(C)CN1C(=O)C2(CCCC2)N[C@H]1c1cn[nH]c1-c1cccnc1. The molecule has 0 aromatic carbocycles. The lowest BCUT2D eigenvalue weighted by molar-refractivity contribution is -0.133. The van der Waals surface area contributed by atoms with Crippen LogP contribution in [0.4, 0.5) is 0 Å². The number of amides is 1. The summed E-state index contributed by atoms with van der Waals surface area (Å²) in [6, 6.07) is 3.93. The Balaban J connectivity index is 1.73. The molecule has 3 heterocycles. The molecule has 0 radical (unpaired) electrons. The molecule has 2 fully saturated rings. The zero-order valence-corrected chi connectivity index (χ0v) is 14.8. The van der Waals surface area contributed by atoms with Gasteiger partial charge in [0.15, 0.2) is 0 Å². The molecule has 1 aliphatic heterocycles. The molecule has 6 heteroatoms. The standard InChI is InChI=1S/C19H25N5O/c1-13(2)12-24-17(22-19(18(24)25)7-3-4-8-19)15-11-21-23-16(15)14-6-5-9-20-10-14/h5-6,9-11,13,17,22H,3-4,7-8,12H2,1-2H3,(H,21,23)/t17-/m1/s1. The highest BCUT2D eigenvalue weighted by molar-refractivity contribution is 5.89. The van der Waals surface area contributed by atoms with Crippen LogP contribution >= 0.6 is 0 Å². The van der Waals surface area contributed by atoms with Crippen LogP contribution in [0.5, 0.6) is 0 Å². The molecule has 1 aliphatic carbocycles. The first-order valence-electron chi connectivity index (χ1n) is 9.13. The predicted octanol–water partition coefficient (Wildman–Crippen LogP) is 2.87. The van der Waals surface area contributed by atoms with Gasteiger partial charge in [-0.3, -0.25) is 20.2 Å². The van der Waals surface area contributed by atoms with Gasteiger partial charge in [0.2, 0.25) is 5.91 Å². The number of nitrogens with one attached hydrogen (secondary N) is 2. The molecule has 4 rings (SSSR count). The fourth-order valence-electron chi connectivity index (χ4n) is 4.20. The van der Waals surface area contributed by atoms with E-state index in [1.54, 1.807) is 6.20 Å². The Morgan fingerprint density at radius 1 is 1.32 bits per heavy atom. The van der Waals surface area contributed by atoms with E-state index < -0.39 is 0 Å². The maximum Gasteiger partial charge on any atom is 0.244 e. The van der Waals surface area contributed by atoms with Gasteiger partial charge in [-0.15, -0.1) is 0 Å². The van der Waals surface area contributed by atoms with Crippen molar-refractivity contribution >= 4 is 5.91 Å². The van der Waals surface area contributed by atoms with Crippen LogP contribution in [0.25, 0.3) is 11.3 Å². The van der Waals surface area contributed by atoms with E-state index in [9.17, 15) is 4.79 Å². The minimum Gasteiger partial charge on any atom is -0.321 e. The first-order valence-corrected chi connectivity index (χ1v) is 9.13. The van der Waals surface area contributed by atoms with Gasteiger partial charge < -0.3 is 4.90 Å². The summed E-state index contributed by atoms with van der Waals surface area (Å²) in [5.74, 6) is 0.667. The molecule has 1 amide bonds. The number of pyridine rings is 1. The van der Waals surface area contributed by atoms with E-state index in [1.165, 1.54) is 0 Å². The fraction of sp³-hybridized carbons (Fsp3) is 0.526. The number of carbonyl (C=O) groups is 1. The molecule has 1 saturated heterocycles. The zero-order chi connectivity index (χ0) is 17.4. The van der Waals surface area contributed by atoms with Crippen LogP contribution in [0.15, 0.2) is 30.7 Å². The second-order valence-electron chi connectivity index (χ2n) is 7.63. The number of carbonyl (C=O) groups excluding carboxylic acids is 1. The number of rotatable bonds is 4. The third-order valence-corrected chi connectivity index (χ3v) is 5.33. The maximum absolute atomic E-state index is 13.2. The molecule has 2 aromatic heterocycles. The van der Waals surface area contributed by atoms with Crippen LogP contribution in [0.1, 0.15) is 51.3 Å². The van der Waals surface area contributed by atoms with Crippen molar-refractivity contribution in [2.24, 2.45) is 5.92 Å². The summed E-state index contributed by atoms with van der Waals surface area (Å²) in [6.07, 6.45) is 9.37. The summed E-state index contributed by atoms with van der Waals surface area (Å²) in [5, 5.41) is 11.0. The van der Waals surface area contributed by atoms with E-state index in [2.05, 4.69) is 34.3 Å². The van der Waals surface area contributed by atoms with Gasteiger partial charge in [-0.1, -0.05) is 26.7 Å². The lowest BCUT2D eigenvalue weighted by atomic mass is 9.98. The van der Waals surface area contributed by atoms with Gasteiger partial charge in [0.25, 0.3) is 0 Å². The molecule has 1 atom stereocenters. The average molecular weight is 339 g/mol. The van der Waals surface area contributed by atoms with E-state index >= 15 is 0 Å². The number of aromatic nitrogens is 3. The number of aromatic amines is 1. The van der Waals surface area contributed by atoms with Crippen LogP contribution in [-0.2, 0) is 4.79 Å². The minimum atomic E-state index is -0.386. The lowest BCUT2D eigenvalue weighted by Crippen LogP contribution is -2.44. The van der Waals surface area contributed by atoms with Crippen LogP contribution in [0.3, 0.4) is 0 Å². The molecular formula is C19H25N5O. The Morgan fingerprint density at radius 2 is 2.12 bits per heavy atom. The van der Waals surface area contributed by atoms with E-state index in [0.29, 0.717) is 5.92 Å². The van der Waals surface area contributed by atoms with Crippen LogP contribution in [0, 0.1) is 5.92 Å². The summed E-state index contributed by atoms with van der Waals surface area (Å²) >= 11 is 0. The minimum absolute atomic E-state index is 0.137. The third-order valence-electron chi connectivity index (χ3n) is 5.33. The van der Waals surface area contributed by atoms with E-state index in [0.717, 1.165) is 49.0 Å². The first kappa shape index (κ1) is 16.3. The Hall–Kier alpha value is -2.21. The van der Waals surface area contributed by atoms with Crippen molar-refractivity contribution in [3.63, 3.8) is 0 Å². The monoisotopic (exact) mass is 339 g/mol. The summed E-state index contributed by atoms with van der Waals surface area (Å²) < 4.78 is 0. The molecule has 2 aliphatic rings. The molecule has 132 valence electrons. The van der Waals surface area contributed by atoms with Gasteiger partial charge in [-0.2, -0.15) is 5.10 Å². The number of nitrogens with zero attached hydrogens (tertiary/aromatic N) is 3. The van der Waals surface area contributed by atoms with Gasteiger partial charge in [-0.25, -0.2) is 0 Å². The summed E-state index contributed by atoms with van der Waals surface area (Å²) in [5.41, 5.74) is 2.55. The smallest absolute Gasteiger partial charge is 0.244 e. The van der Waals surface area contributed by atoms with E-state index in [-0.39, 0.29) is 17.6 Å². The summed E-state index contributed by atoms with van der Waals surface area (Å²) in [7, 11) is 0. The van der Waals surface area contributed by atoms with Gasteiger partial charge in [0, 0.05) is 30.1 Å². The molecule has 2 N–H and O–H groups in total. The number of H-pyrrole nitrogens is 1. The van der Waals surface area contributed by atoms with Crippen LogP contribution < -0.4 is 5.32 Å². The number of hydrogen-bond acceptors (Lipinski definition) is 4. The molecule has 1 spiro atoms. The molecule has 0 unspecified atom stereocenters. The highest BCUT2D eigenvalue weighted by atomic mass is 16.2. The van der Waals surface area contributed by atoms with E-state index in [4.69, 9.17) is 0 Å². The maximum atomic E-state index is 13.2. The molecular weight excluding hydrogens is 314 g/mol. The van der Waals surface area contributed by atoms with Crippen molar-refractivity contribution in [2.45, 2.75) is 51.2 Å². The molecule has 6 nitrogen and oxygen atoms in total. The first-order chi connectivity index (χ1) is 12.1. The van der Waals surface area contributed by atoms with Gasteiger partial charge in [0.1, 0.15) is 6.17 Å².